The van der Waals surface area contributed by atoms with Crippen LogP contribution < -0.4 is 20.1 Å². The van der Waals surface area contributed by atoms with E-state index in [1.807, 2.05) is 6.07 Å². The fourth-order valence-electron chi connectivity index (χ4n) is 2.42. The Morgan fingerprint density at radius 2 is 1.86 bits per heavy atom. The number of ether oxygens (including phenoxy) is 2. The summed E-state index contributed by atoms with van der Waals surface area (Å²) < 4.78 is 24.2. The second-order valence-electron chi connectivity index (χ2n) is 5.73. The first-order chi connectivity index (χ1) is 13.4. The van der Waals surface area contributed by atoms with Gasteiger partial charge in [0.15, 0.2) is 18.1 Å². The van der Waals surface area contributed by atoms with Gasteiger partial charge in [-0.3, -0.25) is 9.59 Å². The normalized spacial score (nSPS) is 10.0. The summed E-state index contributed by atoms with van der Waals surface area (Å²) in [6.45, 7) is 1.84. The summed E-state index contributed by atoms with van der Waals surface area (Å²) in [5, 5.41) is 8.99. The Balaban J connectivity index is 2.16. The van der Waals surface area contributed by atoms with Crippen molar-refractivity contribution in [3.05, 3.63) is 53.8 Å². The van der Waals surface area contributed by atoms with Gasteiger partial charge >= 0.3 is 0 Å². The SMILES string of the molecule is CCOc1cc(C#N)ccc1OCC(=O)N(CCC(N)=O)c1ccc(F)cc1. The van der Waals surface area contributed by atoms with Gasteiger partial charge in [-0.2, -0.15) is 5.26 Å². The highest BCUT2D eigenvalue weighted by Gasteiger charge is 2.18. The third-order valence-corrected chi connectivity index (χ3v) is 3.74. The zero-order valence-corrected chi connectivity index (χ0v) is 15.4. The van der Waals surface area contributed by atoms with E-state index in [9.17, 15) is 14.0 Å². The molecule has 0 aliphatic carbocycles. The zero-order valence-electron chi connectivity index (χ0n) is 15.4. The van der Waals surface area contributed by atoms with E-state index >= 15 is 0 Å². The first-order valence-electron chi connectivity index (χ1n) is 8.58. The largest absolute Gasteiger partial charge is 0.490 e. The van der Waals surface area contributed by atoms with Crippen LogP contribution in [0.25, 0.3) is 0 Å². The third kappa shape index (κ3) is 5.71. The molecule has 0 saturated heterocycles. The van der Waals surface area contributed by atoms with Gasteiger partial charge in [0.25, 0.3) is 5.91 Å². The van der Waals surface area contributed by atoms with Gasteiger partial charge in [0.1, 0.15) is 5.82 Å². The van der Waals surface area contributed by atoms with Crippen molar-refractivity contribution in [2.24, 2.45) is 5.73 Å². The lowest BCUT2D eigenvalue weighted by Crippen LogP contribution is -2.37. The molecule has 2 rings (SSSR count). The lowest BCUT2D eigenvalue weighted by Gasteiger charge is -2.23. The van der Waals surface area contributed by atoms with Crippen molar-refractivity contribution < 1.29 is 23.5 Å². The fourth-order valence-corrected chi connectivity index (χ4v) is 2.42. The van der Waals surface area contributed by atoms with E-state index in [1.165, 1.54) is 35.2 Å². The summed E-state index contributed by atoms with van der Waals surface area (Å²) in [6, 6.07) is 11.9. The standard InChI is InChI=1S/C20H20FN3O4/c1-2-27-18-11-14(12-22)3-8-17(18)28-13-20(26)24(10-9-19(23)25)16-6-4-15(21)5-7-16/h3-8,11H,2,9-10,13H2,1H3,(H2,23,25). The van der Waals surface area contributed by atoms with Crippen molar-refractivity contribution >= 4 is 17.5 Å². The van der Waals surface area contributed by atoms with Gasteiger partial charge in [-0.25, -0.2) is 4.39 Å². The fraction of sp³-hybridized carbons (Fsp3) is 0.250. The number of hydrogen-bond donors (Lipinski definition) is 1. The van der Waals surface area contributed by atoms with Gasteiger partial charge in [-0.15, -0.1) is 0 Å². The van der Waals surface area contributed by atoms with E-state index in [1.54, 1.807) is 19.1 Å². The molecule has 0 radical (unpaired) electrons. The van der Waals surface area contributed by atoms with Crippen LogP contribution >= 0.6 is 0 Å². The molecule has 0 bridgehead atoms. The Kier molecular flexibility index (Phi) is 7.34. The topological polar surface area (TPSA) is 106 Å². The molecule has 0 atom stereocenters. The molecule has 28 heavy (non-hydrogen) atoms. The van der Waals surface area contributed by atoms with Gasteiger partial charge in [-0.1, -0.05) is 0 Å². The van der Waals surface area contributed by atoms with Crippen molar-refractivity contribution in [1.82, 2.24) is 0 Å². The highest BCUT2D eigenvalue weighted by molar-refractivity contribution is 5.95. The Labute approximate surface area is 162 Å². The van der Waals surface area contributed by atoms with Crippen molar-refractivity contribution in [3.63, 3.8) is 0 Å². The van der Waals surface area contributed by atoms with Crippen LogP contribution in [0.1, 0.15) is 18.9 Å². The van der Waals surface area contributed by atoms with Crippen molar-refractivity contribution in [2.75, 3.05) is 24.7 Å². The van der Waals surface area contributed by atoms with Crippen LogP contribution in [-0.2, 0) is 9.59 Å². The van der Waals surface area contributed by atoms with Gasteiger partial charge in [-0.05, 0) is 43.3 Å². The number of carbonyl (C=O) groups is 2. The molecule has 0 unspecified atom stereocenters. The van der Waals surface area contributed by atoms with Crippen molar-refractivity contribution in [2.45, 2.75) is 13.3 Å². The number of benzene rings is 2. The first kappa shape index (κ1) is 20.7. The van der Waals surface area contributed by atoms with Gasteiger partial charge in [0.2, 0.25) is 5.91 Å². The minimum Gasteiger partial charge on any atom is -0.490 e. The van der Waals surface area contributed by atoms with Crippen LogP contribution in [-0.4, -0.2) is 31.6 Å². The predicted molar refractivity (Wildman–Crippen MR) is 100 cm³/mol. The summed E-state index contributed by atoms with van der Waals surface area (Å²) in [5.41, 5.74) is 5.99. The average Bonchev–Trinajstić information content (AvgIpc) is 2.68. The average molecular weight is 385 g/mol. The molecule has 0 aliphatic heterocycles. The number of rotatable bonds is 9. The number of nitrogens with zero attached hydrogens (tertiary/aromatic N) is 2. The van der Waals surface area contributed by atoms with Crippen LogP contribution in [0.5, 0.6) is 11.5 Å². The van der Waals surface area contributed by atoms with Crippen LogP contribution in [0.15, 0.2) is 42.5 Å². The smallest absolute Gasteiger partial charge is 0.264 e. The molecule has 0 aromatic heterocycles. The number of anilines is 1. The van der Waals surface area contributed by atoms with Crippen molar-refractivity contribution in [3.8, 4) is 17.6 Å². The van der Waals surface area contributed by atoms with Gasteiger partial charge < -0.3 is 20.1 Å². The molecule has 2 amide bonds. The zero-order chi connectivity index (χ0) is 20.5. The number of primary amides is 1. The second-order valence-corrected chi connectivity index (χ2v) is 5.73. The van der Waals surface area contributed by atoms with Gasteiger partial charge in [0, 0.05) is 24.7 Å². The number of nitrogens with two attached hydrogens (primary N) is 1. The Hall–Kier alpha value is -3.60. The monoisotopic (exact) mass is 385 g/mol. The molecule has 0 saturated carbocycles. The maximum atomic E-state index is 13.2. The predicted octanol–water partition coefficient (Wildman–Crippen LogP) is 2.38. The van der Waals surface area contributed by atoms with Crippen LogP contribution in [0, 0.1) is 17.1 Å². The molecule has 7 nitrogen and oxygen atoms in total. The Morgan fingerprint density at radius 3 is 2.46 bits per heavy atom. The molecular formula is C20H20FN3O4. The lowest BCUT2D eigenvalue weighted by molar-refractivity contribution is -0.120. The van der Waals surface area contributed by atoms with Crippen LogP contribution in [0.4, 0.5) is 10.1 Å². The maximum Gasteiger partial charge on any atom is 0.264 e. The van der Waals surface area contributed by atoms with Gasteiger partial charge in [0.05, 0.1) is 18.2 Å². The molecule has 8 heteroatoms. The van der Waals surface area contributed by atoms with E-state index in [2.05, 4.69) is 0 Å². The summed E-state index contributed by atoms with van der Waals surface area (Å²) in [4.78, 5) is 25.1. The molecule has 2 N–H and O–H groups in total. The first-order valence-corrected chi connectivity index (χ1v) is 8.58. The highest BCUT2D eigenvalue weighted by Crippen LogP contribution is 2.28. The number of carbonyl (C=O) groups excluding carboxylic acids is 2. The van der Waals surface area contributed by atoms with Crippen LogP contribution in [0.3, 0.4) is 0 Å². The summed E-state index contributed by atoms with van der Waals surface area (Å²) >= 11 is 0. The Bertz CT molecular complexity index is 878. The number of halogens is 1. The molecular weight excluding hydrogens is 365 g/mol. The minimum atomic E-state index is -0.563. The molecule has 146 valence electrons. The molecule has 0 fully saturated rings. The van der Waals surface area contributed by atoms with Crippen molar-refractivity contribution in [1.29, 1.82) is 5.26 Å². The Morgan fingerprint density at radius 1 is 1.14 bits per heavy atom. The third-order valence-electron chi connectivity index (χ3n) is 3.74. The number of nitriles is 1. The quantitative estimate of drug-likeness (QED) is 0.713. The number of amides is 2. The molecule has 2 aromatic rings. The van der Waals surface area contributed by atoms with E-state index in [4.69, 9.17) is 20.5 Å². The second kappa shape index (κ2) is 9.92. The molecule has 0 aliphatic rings. The lowest BCUT2D eigenvalue weighted by atomic mass is 10.2. The number of hydrogen-bond acceptors (Lipinski definition) is 5. The molecule has 2 aromatic carbocycles. The highest BCUT2D eigenvalue weighted by atomic mass is 19.1. The van der Waals surface area contributed by atoms with E-state index < -0.39 is 17.6 Å². The summed E-state index contributed by atoms with van der Waals surface area (Å²) in [5.74, 6) is -0.796. The maximum absolute atomic E-state index is 13.2. The summed E-state index contributed by atoms with van der Waals surface area (Å²) in [7, 11) is 0. The molecule has 0 spiro atoms. The van der Waals surface area contributed by atoms with E-state index in [-0.39, 0.29) is 19.6 Å². The molecule has 0 heterocycles. The minimum absolute atomic E-state index is 0.0366. The van der Waals surface area contributed by atoms with Crippen LogP contribution in [0.2, 0.25) is 0 Å². The summed E-state index contributed by atoms with van der Waals surface area (Å²) in [6.07, 6.45) is -0.0514. The van der Waals surface area contributed by atoms with E-state index in [0.717, 1.165) is 0 Å². The van der Waals surface area contributed by atoms with E-state index in [0.29, 0.717) is 29.4 Å².